The number of nitrogens with zero attached hydrogens (tertiary/aromatic N) is 1. The topological polar surface area (TPSA) is 71.1 Å². The average Bonchev–Trinajstić information content (AvgIpc) is 2.54. The summed E-state index contributed by atoms with van der Waals surface area (Å²) in [6.45, 7) is 0.571. The first-order valence-corrected chi connectivity index (χ1v) is 7.24. The third-order valence-electron chi connectivity index (χ3n) is 3.00. The number of carbonyl (C=O) groups is 2. The molecule has 2 amide bonds. The van der Waals surface area contributed by atoms with Crippen LogP contribution in [-0.2, 0) is 22.6 Å². The van der Waals surface area contributed by atoms with E-state index in [4.69, 9.17) is 11.6 Å². The van der Waals surface area contributed by atoms with Crippen molar-refractivity contribution in [3.63, 3.8) is 0 Å². The fourth-order valence-electron chi connectivity index (χ4n) is 1.83. The average molecular weight is 318 g/mol. The molecule has 0 spiro atoms. The number of hydrogen-bond acceptors (Lipinski definition) is 3. The van der Waals surface area contributed by atoms with Crippen LogP contribution in [0.25, 0.3) is 0 Å². The number of rotatable bonds is 5. The molecule has 2 N–H and O–H groups in total. The van der Waals surface area contributed by atoms with Crippen LogP contribution in [0, 0.1) is 0 Å². The van der Waals surface area contributed by atoms with Gasteiger partial charge in [-0.1, -0.05) is 35.9 Å². The van der Waals surface area contributed by atoms with Gasteiger partial charge in [-0.15, -0.1) is 0 Å². The van der Waals surface area contributed by atoms with Crippen molar-refractivity contribution >= 4 is 23.4 Å². The van der Waals surface area contributed by atoms with Crippen LogP contribution in [0.3, 0.4) is 0 Å². The van der Waals surface area contributed by atoms with Crippen LogP contribution < -0.4 is 10.6 Å². The number of pyridine rings is 1. The highest BCUT2D eigenvalue weighted by molar-refractivity contribution is 6.35. The van der Waals surface area contributed by atoms with E-state index in [2.05, 4.69) is 15.6 Å². The fraction of sp³-hybridized carbons (Fsp3) is 0.188. The summed E-state index contributed by atoms with van der Waals surface area (Å²) in [5, 5.41) is 5.65. The summed E-state index contributed by atoms with van der Waals surface area (Å²) in [6.07, 6.45) is 2.26. The number of nitrogens with one attached hydrogen (secondary N) is 2. The number of amides is 2. The van der Waals surface area contributed by atoms with E-state index in [1.54, 1.807) is 24.4 Å². The molecule has 0 aliphatic rings. The van der Waals surface area contributed by atoms with Crippen molar-refractivity contribution in [3.8, 4) is 0 Å². The molecule has 0 saturated carbocycles. The van der Waals surface area contributed by atoms with Gasteiger partial charge in [0.1, 0.15) is 0 Å². The summed E-state index contributed by atoms with van der Waals surface area (Å²) in [5.74, 6) is -1.34. The van der Waals surface area contributed by atoms with Crippen molar-refractivity contribution in [1.82, 2.24) is 15.6 Å². The van der Waals surface area contributed by atoms with Crippen molar-refractivity contribution < 1.29 is 9.59 Å². The van der Waals surface area contributed by atoms with Gasteiger partial charge in [0.25, 0.3) is 0 Å². The van der Waals surface area contributed by atoms with Crippen molar-refractivity contribution in [2.75, 3.05) is 6.54 Å². The largest absolute Gasteiger partial charge is 0.347 e. The van der Waals surface area contributed by atoms with Gasteiger partial charge in [-0.2, -0.15) is 0 Å². The third-order valence-corrected chi connectivity index (χ3v) is 3.37. The minimum Gasteiger partial charge on any atom is -0.347 e. The molecule has 0 atom stereocenters. The standard InChI is InChI=1S/C16H16ClN3O2/c17-14-7-2-1-5-12(14)11-20-16(22)15(21)19-10-8-13-6-3-4-9-18-13/h1-7,9H,8,10-11H2,(H,19,21)(H,20,22). The Labute approximate surface area is 133 Å². The van der Waals surface area contributed by atoms with Crippen LogP contribution in [0.4, 0.5) is 0 Å². The smallest absolute Gasteiger partial charge is 0.309 e. The van der Waals surface area contributed by atoms with Crippen LogP contribution in [0.1, 0.15) is 11.3 Å². The van der Waals surface area contributed by atoms with Crippen LogP contribution >= 0.6 is 11.6 Å². The van der Waals surface area contributed by atoms with E-state index in [0.717, 1.165) is 11.3 Å². The zero-order valence-corrected chi connectivity index (χ0v) is 12.6. The molecule has 0 fully saturated rings. The molecule has 2 rings (SSSR count). The number of hydrogen-bond donors (Lipinski definition) is 2. The second-order valence-electron chi connectivity index (χ2n) is 4.60. The lowest BCUT2D eigenvalue weighted by Gasteiger charge is -2.07. The van der Waals surface area contributed by atoms with Gasteiger partial charge in [0.15, 0.2) is 0 Å². The molecule has 114 valence electrons. The minimum absolute atomic E-state index is 0.214. The SMILES string of the molecule is O=C(NCCc1ccccn1)C(=O)NCc1ccccc1Cl. The Balaban J connectivity index is 1.73. The van der Waals surface area contributed by atoms with Crippen LogP contribution in [0.15, 0.2) is 48.7 Å². The van der Waals surface area contributed by atoms with Gasteiger partial charge in [-0.05, 0) is 23.8 Å². The van der Waals surface area contributed by atoms with Crippen LogP contribution in [-0.4, -0.2) is 23.3 Å². The quantitative estimate of drug-likeness (QED) is 0.825. The molecule has 1 aromatic heterocycles. The molecule has 1 heterocycles. The minimum atomic E-state index is -0.680. The summed E-state index contributed by atoms with van der Waals surface area (Å²) in [7, 11) is 0. The highest BCUT2D eigenvalue weighted by Crippen LogP contribution is 2.14. The first-order valence-electron chi connectivity index (χ1n) is 6.86. The number of benzene rings is 1. The first-order chi connectivity index (χ1) is 10.7. The van der Waals surface area contributed by atoms with Gasteiger partial charge in [0.05, 0.1) is 0 Å². The third kappa shape index (κ3) is 4.86. The lowest BCUT2D eigenvalue weighted by molar-refractivity contribution is -0.139. The van der Waals surface area contributed by atoms with Gasteiger partial charge in [0, 0.05) is 36.4 Å². The number of carbonyl (C=O) groups excluding carboxylic acids is 2. The molecule has 0 radical (unpaired) electrons. The number of halogens is 1. The van der Waals surface area contributed by atoms with Gasteiger partial charge in [-0.3, -0.25) is 14.6 Å². The van der Waals surface area contributed by atoms with Crippen molar-refractivity contribution in [2.45, 2.75) is 13.0 Å². The molecule has 2 aromatic rings. The molecular weight excluding hydrogens is 302 g/mol. The van der Waals surface area contributed by atoms with Gasteiger partial charge < -0.3 is 10.6 Å². The van der Waals surface area contributed by atoms with Crippen molar-refractivity contribution in [2.24, 2.45) is 0 Å². The normalized spacial score (nSPS) is 10.0. The molecule has 0 bridgehead atoms. The molecule has 1 aromatic carbocycles. The monoisotopic (exact) mass is 317 g/mol. The summed E-state index contributed by atoms with van der Waals surface area (Å²) in [6, 6.07) is 12.7. The lowest BCUT2D eigenvalue weighted by Crippen LogP contribution is -2.40. The second-order valence-corrected chi connectivity index (χ2v) is 5.01. The predicted octanol–water partition coefficient (Wildman–Crippen LogP) is 1.71. The summed E-state index contributed by atoms with van der Waals surface area (Å²) >= 11 is 5.98. The van der Waals surface area contributed by atoms with E-state index in [-0.39, 0.29) is 6.54 Å². The van der Waals surface area contributed by atoms with E-state index in [9.17, 15) is 9.59 Å². The fourth-order valence-corrected chi connectivity index (χ4v) is 2.03. The Morgan fingerprint density at radius 1 is 1.00 bits per heavy atom. The number of aromatic nitrogens is 1. The Bertz CT molecular complexity index is 647. The van der Waals surface area contributed by atoms with Crippen LogP contribution in [0.5, 0.6) is 0 Å². The maximum absolute atomic E-state index is 11.7. The first kappa shape index (κ1) is 16.0. The molecule has 0 saturated heterocycles. The van der Waals surface area contributed by atoms with Crippen LogP contribution in [0.2, 0.25) is 5.02 Å². The van der Waals surface area contributed by atoms with Crippen molar-refractivity contribution in [1.29, 1.82) is 0 Å². The van der Waals surface area contributed by atoms with Gasteiger partial charge in [0.2, 0.25) is 0 Å². The molecule has 0 aliphatic heterocycles. The molecule has 0 unspecified atom stereocenters. The summed E-state index contributed by atoms with van der Waals surface area (Å²) in [4.78, 5) is 27.5. The second kappa shape index (κ2) is 8.14. The maximum Gasteiger partial charge on any atom is 0.309 e. The Morgan fingerprint density at radius 3 is 2.45 bits per heavy atom. The van der Waals surface area contributed by atoms with E-state index < -0.39 is 11.8 Å². The summed E-state index contributed by atoms with van der Waals surface area (Å²) in [5.41, 5.74) is 1.62. The van der Waals surface area contributed by atoms with E-state index in [0.29, 0.717) is 18.0 Å². The lowest BCUT2D eigenvalue weighted by atomic mass is 10.2. The molecular formula is C16H16ClN3O2. The highest BCUT2D eigenvalue weighted by Gasteiger charge is 2.12. The molecule has 22 heavy (non-hydrogen) atoms. The van der Waals surface area contributed by atoms with E-state index >= 15 is 0 Å². The van der Waals surface area contributed by atoms with E-state index in [1.807, 2.05) is 24.3 Å². The maximum atomic E-state index is 11.7. The Hall–Kier alpha value is -2.40. The zero-order chi connectivity index (χ0) is 15.8. The van der Waals surface area contributed by atoms with Gasteiger partial charge >= 0.3 is 11.8 Å². The molecule has 5 nitrogen and oxygen atoms in total. The molecule has 6 heteroatoms. The Morgan fingerprint density at radius 2 is 1.73 bits per heavy atom. The Kier molecular flexibility index (Phi) is 5.91. The van der Waals surface area contributed by atoms with Gasteiger partial charge in [-0.25, -0.2) is 0 Å². The summed E-state index contributed by atoms with van der Waals surface area (Å²) < 4.78 is 0. The molecule has 0 aliphatic carbocycles. The zero-order valence-electron chi connectivity index (χ0n) is 11.9. The highest BCUT2D eigenvalue weighted by atomic mass is 35.5. The predicted molar refractivity (Wildman–Crippen MR) is 84.2 cm³/mol. The van der Waals surface area contributed by atoms with Crippen molar-refractivity contribution in [3.05, 3.63) is 64.9 Å². The van der Waals surface area contributed by atoms with E-state index in [1.165, 1.54) is 0 Å².